The van der Waals surface area contributed by atoms with Gasteiger partial charge in [0.25, 0.3) is 0 Å². The van der Waals surface area contributed by atoms with Gasteiger partial charge in [-0.1, -0.05) is 44.5 Å². The number of ether oxygens (including phenoxy) is 1. The highest BCUT2D eigenvalue weighted by Gasteiger charge is 2.11. The van der Waals surface area contributed by atoms with Crippen LogP contribution in [0.2, 0.25) is 5.15 Å². The number of benzene rings is 1. The Balaban J connectivity index is 2.25. The lowest BCUT2D eigenvalue weighted by atomic mass is 10.0. The van der Waals surface area contributed by atoms with E-state index in [2.05, 4.69) is 42.9 Å². The van der Waals surface area contributed by atoms with Crippen molar-refractivity contribution in [3.63, 3.8) is 0 Å². The largest absolute Gasteiger partial charge is 0.439 e. The van der Waals surface area contributed by atoms with Gasteiger partial charge in [-0.3, -0.25) is 0 Å². The Morgan fingerprint density at radius 2 is 1.81 bits per heavy atom. The predicted octanol–water partition coefficient (Wildman–Crippen LogP) is 5.31. The van der Waals surface area contributed by atoms with Crippen LogP contribution >= 0.6 is 11.6 Å². The molecule has 0 amide bonds. The normalized spacial score (nSPS) is 11.0. The van der Waals surface area contributed by atoms with E-state index < -0.39 is 0 Å². The second-order valence-corrected chi connectivity index (χ2v) is 5.79. The molecule has 0 spiro atoms. The summed E-state index contributed by atoms with van der Waals surface area (Å²) in [6.45, 7) is 8.29. The van der Waals surface area contributed by atoms with E-state index in [-0.39, 0.29) is 0 Å². The van der Waals surface area contributed by atoms with Crippen molar-refractivity contribution in [2.45, 2.75) is 46.5 Å². The molecular formula is C17H21ClN2O. The zero-order chi connectivity index (χ0) is 15.4. The van der Waals surface area contributed by atoms with Crippen LogP contribution in [0.1, 0.15) is 50.1 Å². The molecule has 0 aliphatic carbocycles. The first-order chi connectivity index (χ1) is 10.0. The van der Waals surface area contributed by atoms with Crippen LogP contribution in [0, 0.1) is 6.92 Å². The molecule has 2 aromatic rings. The number of halogens is 1. The summed E-state index contributed by atoms with van der Waals surface area (Å²) in [5.41, 5.74) is 2.05. The van der Waals surface area contributed by atoms with Gasteiger partial charge in [-0.25, -0.2) is 4.98 Å². The number of nitrogens with zero attached hydrogens (tertiary/aromatic N) is 2. The van der Waals surface area contributed by atoms with E-state index in [0.29, 0.717) is 17.0 Å². The van der Waals surface area contributed by atoms with E-state index in [9.17, 15) is 0 Å². The molecule has 0 unspecified atom stereocenters. The van der Waals surface area contributed by atoms with Crippen molar-refractivity contribution >= 4 is 11.6 Å². The summed E-state index contributed by atoms with van der Waals surface area (Å²) in [7, 11) is 0. The van der Waals surface area contributed by atoms with Crippen LogP contribution in [-0.4, -0.2) is 9.97 Å². The lowest BCUT2D eigenvalue weighted by Crippen LogP contribution is -2.01. The van der Waals surface area contributed by atoms with E-state index in [0.717, 1.165) is 30.0 Å². The van der Waals surface area contributed by atoms with Gasteiger partial charge in [-0.2, -0.15) is 4.98 Å². The first-order valence-electron chi connectivity index (χ1n) is 7.32. The Morgan fingerprint density at radius 1 is 1.14 bits per heavy atom. The lowest BCUT2D eigenvalue weighted by Gasteiger charge is -2.11. The van der Waals surface area contributed by atoms with Crippen LogP contribution < -0.4 is 4.74 Å². The molecule has 3 nitrogen and oxygen atoms in total. The summed E-state index contributed by atoms with van der Waals surface area (Å²) in [5, 5.41) is 0.460. The van der Waals surface area contributed by atoms with E-state index in [4.69, 9.17) is 16.3 Å². The molecule has 0 bridgehead atoms. The SMILES string of the molecule is CCCc1nc(Cl)c(C)c(Oc2ccc(C(C)C)cc2)n1. The molecule has 2 rings (SSSR count). The van der Waals surface area contributed by atoms with Crippen LogP contribution in [-0.2, 0) is 6.42 Å². The molecule has 112 valence electrons. The van der Waals surface area contributed by atoms with Gasteiger partial charge in [-0.15, -0.1) is 0 Å². The molecule has 1 heterocycles. The Hall–Kier alpha value is -1.61. The molecule has 21 heavy (non-hydrogen) atoms. The molecule has 4 heteroatoms. The van der Waals surface area contributed by atoms with Gasteiger partial charge >= 0.3 is 0 Å². The van der Waals surface area contributed by atoms with Gasteiger partial charge < -0.3 is 4.74 Å². The molecular weight excluding hydrogens is 284 g/mol. The zero-order valence-electron chi connectivity index (χ0n) is 13.0. The summed E-state index contributed by atoms with van der Waals surface area (Å²) in [6.07, 6.45) is 1.77. The minimum Gasteiger partial charge on any atom is -0.439 e. The maximum absolute atomic E-state index is 6.16. The van der Waals surface area contributed by atoms with Gasteiger partial charge in [0.15, 0.2) is 0 Å². The lowest BCUT2D eigenvalue weighted by molar-refractivity contribution is 0.453. The Morgan fingerprint density at radius 3 is 2.38 bits per heavy atom. The van der Waals surface area contributed by atoms with Crippen LogP contribution in [0.5, 0.6) is 11.6 Å². The molecule has 0 atom stereocenters. The van der Waals surface area contributed by atoms with Crippen molar-refractivity contribution in [3.8, 4) is 11.6 Å². The maximum Gasteiger partial charge on any atom is 0.226 e. The van der Waals surface area contributed by atoms with E-state index in [1.807, 2.05) is 19.1 Å². The number of hydrogen-bond donors (Lipinski definition) is 0. The Labute approximate surface area is 131 Å². The topological polar surface area (TPSA) is 35.0 Å². The fourth-order valence-electron chi connectivity index (χ4n) is 1.98. The standard InChI is InChI=1S/C17H21ClN2O/c1-5-6-15-19-16(18)12(4)17(20-15)21-14-9-7-13(8-10-14)11(2)3/h7-11H,5-6H2,1-4H3. The fourth-order valence-corrected chi connectivity index (χ4v) is 2.16. The maximum atomic E-state index is 6.16. The second-order valence-electron chi connectivity index (χ2n) is 5.44. The minimum absolute atomic E-state index is 0.460. The molecule has 0 aliphatic heterocycles. The molecule has 0 N–H and O–H groups in total. The molecule has 1 aromatic carbocycles. The van der Waals surface area contributed by atoms with Crippen molar-refractivity contribution in [3.05, 3.63) is 46.4 Å². The zero-order valence-corrected chi connectivity index (χ0v) is 13.7. The van der Waals surface area contributed by atoms with Gasteiger partial charge in [0.05, 0.1) is 0 Å². The average Bonchev–Trinajstić information content (AvgIpc) is 2.45. The van der Waals surface area contributed by atoms with Gasteiger partial charge in [0.1, 0.15) is 16.7 Å². The average molecular weight is 305 g/mol. The number of aromatic nitrogens is 2. The smallest absolute Gasteiger partial charge is 0.226 e. The van der Waals surface area contributed by atoms with Gasteiger partial charge in [0.2, 0.25) is 5.88 Å². The Bertz CT molecular complexity index is 609. The third kappa shape index (κ3) is 3.94. The molecule has 0 saturated heterocycles. The second kappa shape index (κ2) is 6.90. The summed E-state index contributed by atoms with van der Waals surface area (Å²) in [4.78, 5) is 8.73. The molecule has 0 fully saturated rings. The predicted molar refractivity (Wildman–Crippen MR) is 86.4 cm³/mol. The molecule has 0 saturated carbocycles. The molecule has 1 aromatic heterocycles. The van der Waals surface area contributed by atoms with Crippen molar-refractivity contribution in [2.24, 2.45) is 0 Å². The van der Waals surface area contributed by atoms with Crippen molar-refractivity contribution in [1.29, 1.82) is 0 Å². The fraction of sp³-hybridized carbons (Fsp3) is 0.412. The molecule has 0 aliphatic rings. The highest BCUT2D eigenvalue weighted by molar-refractivity contribution is 6.30. The van der Waals surface area contributed by atoms with Crippen LogP contribution in [0.25, 0.3) is 0 Å². The quantitative estimate of drug-likeness (QED) is 0.702. The van der Waals surface area contributed by atoms with Crippen LogP contribution in [0.4, 0.5) is 0 Å². The monoisotopic (exact) mass is 304 g/mol. The third-order valence-corrected chi connectivity index (χ3v) is 3.69. The highest BCUT2D eigenvalue weighted by Crippen LogP contribution is 2.28. The first kappa shape index (κ1) is 15.8. The summed E-state index contributed by atoms with van der Waals surface area (Å²) < 4.78 is 5.88. The summed E-state index contributed by atoms with van der Waals surface area (Å²) >= 11 is 6.16. The van der Waals surface area contributed by atoms with E-state index in [1.165, 1.54) is 5.56 Å². The number of rotatable bonds is 5. The van der Waals surface area contributed by atoms with Crippen LogP contribution in [0.15, 0.2) is 24.3 Å². The van der Waals surface area contributed by atoms with Crippen molar-refractivity contribution in [2.75, 3.05) is 0 Å². The number of aryl methyl sites for hydroxylation is 1. The number of hydrogen-bond acceptors (Lipinski definition) is 3. The van der Waals surface area contributed by atoms with Gasteiger partial charge in [-0.05, 0) is 37.0 Å². The highest BCUT2D eigenvalue weighted by atomic mass is 35.5. The van der Waals surface area contributed by atoms with Crippen molar-refractivity contribution in [1.82, 2.24) is 9.97 Å². The summed E-state index contributed by atoms with van der Waals surface area (Å²) in [5.74, 6) is 2.53. The van der Waals surface area contributed by atoms with Crippen LogP contribution in [0.3, 0.4) is 0 Å². The van der Waals surface area contributed by atoms with E-state index in [1.54, 1.807) is 0 Å². The molecule has 0 radical (unpaired) electrons. The van der Waals surface area contributed by atoms with Gasteiger partial charge in [0, 0.05) is 12.0 Å². The van der Waals surface area contributed by atoms with Crippen molar-refractivity contribution < 1.29 is 4.74 Å². The minimum atomic E-state index is 0.460. The Kier molecular flexibility index (Phi) is 5.18. The first-order valence-corrected chi connectivity index (χ1v) is 7.70. The third-order valence-electron chi connectivity index (χ3n) is 3.32. The van der Waals surface area contributed by atoms with E-state index >= 15 is 0 Å². The summed E-state index contributed by atoms with van der Waals surface area (Å²) in [6, 6.07) is 8.07.